The molecule has 0 saturated carbocycles. The van der Waals surface area contributed by atoms with Crippen LogP contribution in [0.5, 0.6) is 17.2 Å². The van der Waals surface area contributed by atoms with Crippen LogP contribution < -0.4 is 9.47 Å². The van der Waals surface area contributed by atoms with Crippen molar-refractivity contribution in [2.45, 2.75) is 19.4 Å². The fourth-order valence-electron chi connectivity index (χ4n) is 2.56. The molecule has 0 unspecified atom stereocenters. The van der Waals surface area contributed by atoms with Gasteiger partial charge in [0.25, 0.3) is 0 Å². The summed E-state index contributed by atoms with van der Waals surface area (Å²) in [5.41, 5.74) is 1.41. The van der Waals surface area contributed by atoms with Gasteiger partial charge in [0.05, 0.1) is 0 Å². The molecular weight excluding hydrogens is 347 g/mol. The van der Waals surface area contributed by atoms with Gasteiger partial charge in [0.1, 0.15) is 18.1 Å². The van der Waals surface area contributed by atoms with Crippen LogP contribution in [0.25, 0.3) is 0 Å². The summed E-state index contributed by atoms with van der Waals surface area (Å²) in [6, 6.07) is 21.3. The number of benzene rings is 3. The van der Waals surface area contributed by atoms with Gasteiger partial charge >= 0.3 is 5.97 Å². The quantitative estimate of drug-likeness (QED) is 0.594. The number of carbonyl (C=O) groups is 1. The highest BCUT2D eigenvalue weighted by molar-refractivity contribution is 5.67. The van der Waals surface area contributed by atoms with Gasteiger partial charge in [-0.15, -0.1) is 0 Å². The largest absolute Gasteiger partial charge is 0.486 e. The number of aryl methyl sites for hydroxylation is 1. The molecule has 138 valence electrons. The lowest BCUT2D eigenvalue weighted by atomic mass is 10.1. The maximum atomic E-state index is 14.2. The first-order chi connectivity index (χ1) is 13.1. The van der Waals surface area contributed by atoms with Crippen molar-refractivity contribution in [3.63, 3.8) is 0 Å². The minimum absolute atomic E-state index is 0.0379. The Kier molecular flexibility index (Phi) is 6.05. The van der Waals surface area contributed by atoms with E-state index < -0.39 is 11.8 Å². The van der Waals surface area contributed by atoms with Crippen molar-refractivity contribution in [1.82, 2.24) is 0 Å². The molecular formula is C22H19FO4. The minimum Gasteiger partial charge on any atom is -0.486 e. The van der Waals surface area contributed by atoms with Crippen molar-refractivity contribution in [3.05, 3.63) is 89.7 Å². The number of rotatable bonds is 8. The highest BCUT2D eigenvalue weighted by Gasteiger charge is 2.09. The summed E-state index contributed by atoms with van der Waals surface area (Å²) in [5.74, 6) is 0.0368. The molecule has 3 aromatic carbocycles. The molecule has 4 nitrogen and oxygen atoms in total. The molecule has 1 N–H and O–H groups in total. The number of hydrogen-bond donors (Lipinski definition) is 1. The molecule has 0 aromatic heterocycles. The van der Waals surface area contributed by atoms with Crippen LogP contribution in [0.2, 0.25) is 0 Å². The Bertz CT molecular complexity index is 909. The molecule has 0 aliphatic heterocycles. The molecule has 0 amide bonds. The minimum atomic E-state index is -0.911. The normalized spacial score (nSPS) is 10.4. The second-order valence-corrected chi connectivity index (χ2v) is 5.97. The lowest BCUT2D eigenvalue weighted by Gasteiger charge is -2.13. The molecule has 0 fully saturated rings. The molecule has 0 aliphatic rings. The Morgan fingerprint density at radius 2 is 1.67 bits per heavy atom. The molecule has 0 radical (unpaired) electrons. The third-order valence-corrected chi connectivity index (χ3v) is 3.95. The maximum Gasteiger partial charge on any atom is 0.303 e. The van der Waals surface area contributed by atoms with E-state index in [1.807, 2.05) is 54.6 Å². The van der Waals surface area contributed by atoms with Crippen LogP contribution in [0.1, 0.15) is 17.5 Å². The second kappa shape index (κ2) is 8.85. The van der Waals surface area contributed by atoms with Crippen LogP contribution in [-0.2, 0) is 17.8 Å². The highest BCUT2D eigenvalue weighted by atomic mass is 19.1. The number of para-hydroxylation sites is 2. The summed E-state index contributed by atoms with van der Waals surface area (Å²) in [6.45, 7) is 0.147. The number of halogens is 1. The highest BCUT2D eigenvalue weighted by Crippen LogP contribution is 2.27. The van der Waals surface area contributed by atoms with Crippen LogP contribution >= 0.6 is 0 Å². The predicted octanol–water partition coefficient (Wildman–Crippen LogP) is 5.21. The number of carboxylic acids is 1. The van der Waals surface area contributed by atoms with E-state index in [1.165, 1.54) is 12.1 Å². The second-order valence-electron chi connectivity index (χ2n) is 5.97. The van der Waals surface area contributed by atoms with Gasteiger partial charge in [0.15, 0.2) is 11.6 Å². The smallest absolute Gasteiger partial charge is 0.303 e. The van der Waals surface area contributed by atoms with Gasteiger partial charge in [0, 0.05) is 12.0 Å². The van der Waals surface area contributed by atoms with E-state index in [-0.39, 0.29) is 25.2 Å². The Balaban J connectivity index is 1.67. The van der Waals surface area contributed by atoms with Gasteiger partial charge in [-0.25, -0.2) is 4.39 Å². The lowest BCUT2D eigenvalue weighted by molar-refractivity contribution is -0.136. The number of hydrogen-bond acceptors (Lipinski definition) is 3. The zero-order valence-corrected chi connectivity index (χ0v) is 14.6. The topological polar surface area (TPSA) is 55.8 Å². The molecule has 3 aromatic rings. The first-order valence-corrected chi connectivity index (χ1v) is 8.55. The Morgan fingerprint density at radius 1 is 0.926 bits per heavy atom. The number of ether oxygens (including phenoxy) is 2. The summed E-state index contributed by atoms with van der Waals surface area (Å²) in [5, 5.41) is 8.71. The summed E-state index contributed by atoms with van der Waals surface area (Å²) >= 11 is 0. The summed E-state index contributed by atoms with van der Waals surface area (Å²) in [7, 11) is 0. The molecule has 0 heterocycles. The van der Waals surface area contributed by atoms with E-state index in [9.17, 15) is 9.18 Å². The average Bonchev–Trinajstić information content (AvgIpc) is 2.67. The van der Waals surface area contributed by atoms with E-state index in [4.69, 9.17) is 14.6 Å². The van der Waals surface area contributed by atoms with E-state index in [0.29, 0.717) is 17.1 Å². The summed E-state index contributed by atoms with van der Waals surface area (Å²) < 4.78 is 25.7. The van der Waals surface area contributed by atoms with E-state index in [1.54, 1.807) is 6.07 Å². The molecule has 0 atom stereocenters. The maximum absolute atomic E-state index is 14.2. The average molecular weight is 366 g/mol. The van der Waals surface area contributed by atoms with Gasteiger partial charge in [-0.3, -0.25) is 4.79 Å². The van der Waals surface area contributed by atoms with Crippen molar-refractivity contribution in [2.24, 2.45) is 0 Å². The van der Waals surface area contributed by atoms with Crippen LogP contribution in [0, 0.1) is 5.82 Å². The van der Waals surface area contributed by atoms with Crippen LogP contribution in [-0.4, -0.2) is 11.1 Å². The van der Waals surface area contributed by atoms with Gasteiger partial charge in [-0.2, -0.15) is 0 Å². The van der Waals surface area contributed by atoms with Gasteiger partial charge in [-0.05, 0) is 42.3 Å². The molecule has 0 aliphatic carbocycles. The molecule has 0 bridgehead atoms. The monoisotopic (exact) mass is 366 g/mol. The summed E-state index contributed by atoms with van der Waals surface area (Å²) in [6.07, 6.45) is 0.240. The molecule has 27 heavy (non-hydrogen) atoms. The van der Waals surface area contributed by atoms with Crippen molar-refractivity contribution < 1.29 is 23.8 Å². The molecule has 0 spiro atoms. The number of aliphatic carboxylic acids is 1. The van der Waals surface area contributed by atoms with Crippen molar-refractivity contribution in [3.8, 4) is 17.2 Å². The van der Waals surface area contributed by atoms with Crippen molar-refractivity contribution >= 4 is 5.97 Å². The Morgan fingerprint density at radius 3 is 2.41 bits per heavy atom. The van der Waals surface area contributed by atoms with E-state index in [0.717, 1.165) is 5.56 Å². The molecule has 5 heteroatoms. The predicted molar refractivity (Wildman–Crippen MR) is 99.6 cm³/mol. The first kappa shape index (κ1) is 18.5. The van der Waals surface area contributed by atoms with Crippen LogP contribution in [0.3, 0.4) is 0 Å². The third kappa shape index (κ3) is 5.31. The summed E-state index contributed by atoms with van der Waals surface area (Å²) in [4.78, 5) is 10.6. The molecule has 3 rings (SSSR count). The fourth-order valence-corrected chi connectivity index (χ4v) is 2.56. The lowest BCUT2D eigenvalue weighted by Crippen LogP contribution is -2.01. The Hall–Kier alpha value is -3.34. The third-order valence-electron chi connectivity index (χ3n) is 3.95. The van der Waals surface area contributed by atoms with Gasteiger partial charge in [-0.1, -0.05) is 42.5 Å². The van der Waals surface area contributed by atoms with Crippen LogP contribution in [0.15, 0.2) is 72.8 Å². The van der Waals surface area contributed by atoms with Gasteiger partial charge < -0.3 is 14.6 Å². The number of carboxylic acid groups (broad SMARTS) is 1. The zero-order chi connectivity index (χ0) is 19.1. The Labute approximate surface area is 156 Å². The zero-order valence-electron chi connectivity index (χ0n) is 14.6. The van der Waals surface area contributed by atoms with Crippen molar-refractivity contribution in [2.75, 3.05) is 0 Å². The van der Waals surface area contributed by atoms with Crippen LogP contribution in [0.4, 0.5) is 4.39 Å². The SMILES string of the molecule is O=C(O)CCc1ccc(OCc2ccccc2Oc2ccccc2)c(F)c1. The molecule has 0 saturated heterocycles. The van der Waals surface area contributed by atoms with Gasteiger partial charge in [0.2, 0.25) is 0 Å². The first-order valence-electron chi connectivity index (χ1n) is 8.55. The fraction of sp³-hybridized carbons (Fsp3) is 0.136. The van der Waals surface area contributed by atoms with E-state index in [2.05, 4.69) is 0 Å². The standard InChI is InChI=1S/C22H19FO4/c23-19-14-16(11-13-22(24)25)10-12-21(19)26-15-17-6-4-5-9-20(17)27-18-7-2-1-3-8-18/h1-10,12,14H,11,13,15H2,(H,24,25). The van der Waals surface area contributed by atoms with Crippen molar-refractivity contribution in [1.29, 1.82) is 0 Å². The van der Waals surface area contributed by atoms with E-state index >= 15 is 0 Å².